The molecule has 1 aromatic heterocycles. The maximum atomic E-state index is 11.3. The van der Waals surface area contributed by atoms with Gasteiger partial charge in [0.05, 0.1) is 7.11 Å². The Bertz CT molecular complexity index is 487. The number of pyridine rings is 1. The second kappa shape index (κ2) is 2.94. The van der Waals surface area contributed by atoms with Gasteiger partial charge in [0.2, 0.25) is 0 Å². The second-order valence-corrected chi connectivity index (χ2v) is 2.75. The summed E-state index contributed by atoms with van der Waals surface area (Å²) < 4.78 is 4.91. The zero-order chi connectivity index (χ0) is 9.26. The van der Waals surface area contributed by atoms with E-state index in [-0.39, 0.29) is 5.56 Å². The molecule has 1 heterocycles. The van der Waals surface area contributed by atoms with Crippen LogP contribution < -0.4 is 10.3 Å². The molecule has 13 heavy (non-hydrogen) atoms. The van der Waals surface area contributed by atoms with Gasteiger partial charge < -0.3 is 9.72 Å². The molecule has 1 N–H and O–H groups in total. The van der Waals surface area contributed by atoms with Gasteiger partial charge in [0.1, 0.15) is 0 Å². The van der Waals surface area contributed by atoms with Gasteiger partial charge in [-0.1, -0.05) is 18.2 Å². The van der Waals surface area contributed by atoms with Gasteiger partial charge in [0, 0.05) is 10.9 Å². The number of rotatable bonds is 1. The van der Waals surface area contributed by atoms with Crippen molar-refractivity contribution in [1.82, 2.24) is 4.98 Å². The Morgan fingerprint density at radius 2 is 2.08 bits per heavy atom. The summed E-state index contributed by atoms with van der Waals surface area (Å²) in [5, 5.41) is 0.971. The third kappa shape index (κ3) is 1.28. The SMILES string of the molecule is COc1cc2ccccc2[nH]c1=O. The van der Waals surface area contributed by atoms with Gasteiger partial charge in [-0.2, -0.15) is 0 Å². The van der Waals surface area contributed by atoms with Crippen LogP contribution in [-0.2, 0) is 0 Å². The Morgan fingerprint density at radius 1 is 1.31 bits per heavy atom. The van der Waals surface area contributed by atoms with Gasteiger partial charge in [-0.25, -0.2) is 0 Å². The predicted molar refractivity (Wildman–Crippen MR) is 51.1 cm³/mol. The van der Waals surface area contributed by atoms with Crippen LogP contribution in [0.5, 0.6) is 5.75 Å². The fraction of sp³-hybridized carbons (Fsp3) is 0.100. The van der Waals surface area contributed by atoms with E-state index in [1.807, 2.05) is 24.3 Å². The summed E-state index contributed by atoms with van der Waals surface area (Å²) >= 11 is 0. The third-order valence-corrected chi connectivity index (χ3v) is 1.94. The first-order valence-corrected chi connectivity index (χ1v) is 3.97. The van der Waals surface area contributed by atoms with E-state index in [1.54, 1.807) is 6.07 Å². The molecule has 2 rings (SSSR count). The highest BCUT2D eigenvalue weighted by atomic mass is 16.5. The topological polar surface area (TPSA) is 42.1 Å². The number of hydrogen-bond acceptors (Lipinski definition) is 2. The molecule has 0 saturated heterocycles. The van der Waals surface area contributed by atoms with E-state index in [0.29, 0.717) is 5.75 Å². The summed E-state index contributed by atoms with van der Waals surface area (Å²) in [6, 6.07) is 9.31. The molecule has 0 aliphatic carbocycles. The van der Waals surface area contributed by atoms with Crippen LogP contribution in [0.15, 0.2) is 35.1 Å². The highest BCUT2D eigenvalue weighted by Gasteiger charge is 2.00. The predicted octanol–water partition coefficient (Wildman–Crippen LogP) is 1.54. The molecule has 0 bridgehead atoms. The summed E-state index contributed by atoms with van der Waals surface area (Å²) in [4.78, 5) is 14.0. The molecule has 0 aliphatic heterocycles. The molecule has 0 unspecified atom stereocenters. The number of para-hydroxylation sites is 1. The van der Waals surface area contributed by atoms with Crippen LogP contribution in [0, 0.1) is 0 Å². The molecule has 0 radical (unpaired) electrons. The van der Waals surface area contributed by atoms with E-state index in [1.165, 1.54) is 7.11 Å². The molecule has 3 nitrogen and oxygen atoms in total. The number of methoxy groups -OCH3 is 1. The van der Waals surface area contributed by atoms with Crippen LogP contribution in [0.25, 0.3) is 10.9 Å². The van der Waals surface area contributed by atoms with Gasteiger partial charge in [-0.15, -0.1) is 0 Å². The van der Waals surface area contributed by atoms with Gasteiger partial charge in [-0.05, 0) is 12.1 Å². The molecule has 0 aliphatic rings. The number of fused-ring (bicyclic) bond motifs is 1. The number of aromatic nitrogens is 1. The normalized spacial score (nSPS) is 10.2. The summed E-state index contributed by atoms with van der Waals surface area (Å²) in [6.07, 6.45) is 0. The quantitative estimate of drug-likeness (QED) is 0.714. The van der Waals surface area contributed by atoms with Gasteiger partial charge >= 0.3 is 0 Å². The van der Waals surface area contributed by atoms with Crippen LogP contribution in [-0.4, -0.2) is 12.1 Å². The van der Waals surface area contributed by atoms with Crippen molar-refractivity contribution in [2.75, 3.05) is 7.11 Å². The molecular weight excluding hydrogens is 166 g/mol. The van der Waals surface area contributed by atoms with Crippen molar-refractivity contribution in [1.29, 1.82) is 0 Å². The number of H-pyrrole nitrogens is 1. The molecule has 66 valence electrons. The van der Waals surface area contributed by atoms with Crippen molar-refractivity contribution in [3.63, 3.8) is 0 Å². The lowest BCUT2D eigenvalue weighted by Crippen LogP contribution is -2.08. The van der Waals surface area contributed by atoms with Gasteiger partial charge in [0.15, 0.2) is 5.75 Å². The summed E-state index contributed by atoms with van der Waals surface area (Å²) in [6.45, 7) is 0. The largest absolute Gasteiger partial charge is 0.491 e. The zero-order valence-corrected chi connectivity index (χ0v) is 7.20. The van der Waals surface area contributed by atoms with E-state index >= 15 is 0 Å². The van der Waals surface area contributed by atoms with Crippen molar-refractivity contribution in [3.8, 4) is 5.75 Å². The van der Waals surface area contributed by atoms with Crippen molar-refractivity contribution in [2.45, 2.75) is 0 Å². The van der Waals surface area contributed by atoms with E-state index in [0.717, 1.165) is 10.9 Å². The van der Waals surface area contributed by atoms with Crippen LogP contribution in [0.2, 0.25) is 0 Å². The van der Waals surface area contributed by atoms with Crippen LogP contribution >= 0.6 is 0 Å². The van der Waals surface area contributed by atoms with E-state index in [4.69, 9.17) is 4.74 Å². The Hall–Kier alpha value is -1.77. The van der Waals surface area contributed by atoms with Crippen molar-refractivity contribution >= 4 is 10.9 Å². The van der Waals surface area contributed by atoms with E-state index in [9.17, 15) is 4.79 Å². The Kier molecular flexibility index (Phi) is 1.77. The molecule has 0 spiro atoms. The number of ether oxygens (including phenoxy) is 1. The fourth-order valence-corrected chi connectivity index (χ4v) is 1.28. The first-order valence-electron chi connectivity index (χ1n) is 3.97. The first kappa shape index (κ1) is 7.86. The van der Waals surface area contributed by atoms with Crippen LogP contribution in [0.3, 0.4) is 0 Å². The standard InChI is InChI=1S/C10H9NO2/c1-13-9-6-7-4-2-3-5-8(7)11-10(9)12/h2-6H,1H3,(H,11,12). The molecule has 2 aromatic rings. The average Bonchev–Trinajstić information content (AvgIpc) is 2.17. The van der Waals surface area contributed by atoms with Gasteiger partial charge in [0.25, 0.3) is 5.56 Å². The molecule has 0 atom stereocenters. The molecule has 0 amide bonds. The van der Waals surface area contributed by atoms with Crippen LogP contribution in [0.1, 0.15) is 0 Å². The van der Waals surface area contributed by atoms with Crippen molar-refractivity contribution in [2.24, 2.45) is 0 Å². The minimum absolute atomic E-state index is 0.193. The highest BCUT2D eigenvalue weighted by Crippen LogP contribution is 2.13. The number of nitrogens with one attached hydrogen (secondary N) is 1. The lowest BCUT2D eigenvalue weighted by atomic mass is 10.2. The second-order valence-electron chi connectivity index (χ2n) is 2.75. The Morgan fingerprint density at radius 3 is 2.85 bits per heavy atom. The van der Waals surface area contributed by atoms with E-state index in [2.05, 4.69) is 4.98 Å². The minimum Gasteiger partial charge on any atom is -0.491 e. The lowest BCUT2D eigenvalue weighted by molar-refractivity contribution is 0.409. The molecule has 1 aromatic carbocycles. The zero-order valence-electron chi connectivity index (χ0n) is 7.20. The van der Waals surface area contributed by atoms with Gasteiger partial charge in [-0.3, -0.25) is 4.79 Å². The van der Waals surface area contributed by atoms with Crippen LogP contribution in [0.4, 0.5) is 0 Å². The fourth-order valence-electron chi connectivity index (χ4n) is 1.28. The summed E-state index contributed by atoms with van der Waals surface area (Å²) in [5.74, 6) is 0.346. The average molecular weight is 175 g/mol. The molecule has 3 heteroatoms. The Balaban J connectivity index is 2.81. The Labute approximate surface area is 75.0 Å². The highest BCUT2D eigenvalue weighted by molar-refractivity contribution is 5.79. The summed E-state index contributed by atoms with van der Waals surface area (Å²) in [5.41, 5.74) is 0.634. The van der Waals surface area contributed by atoms with Crippen molar-refractivity contribution < 1.29 is 4.74 Å². The third-order valence-electron chi connectivity index (χ3n) is 1.94. The monoisotopic (exact) mass is 175 g/mol. The number of aromatic amines is 1. The molecule has 0 fully saturated rings. The van der Waals surface area contributed by atoms with Crippen molar-refractivity contribution in [3.05, 3.63) is 40.7 Å². The summed E-state index contributed by atoms with van der Waals surface area (Å²) in [7, 11) is 1.49. The minimum atomic E-state index is -0.193. The molecule has 0 saturated carbocycles. The maximum Gasteiger partial charge on any atom is 0.290 e. The number of hydrogen-bond donors (Lipinski definition) is 1. The maximum absolute atomic E-state index is 11.3. The first-order chi connectivity index (χ1) is 6.31. The number of benzene rings is 1. The van der Waals surface area contributed by atoms with E-state index < -0.39 is 0 Å². The smallest absolute Gasteiger partial charge is 0.290 e. The lowest BCUT2D eigenvalue weighted by Gasteiger charge is -2.00. The molecular formula is C10H9NO2.